The Bertz CT molecular complexity index is 563. The summed E-state index contributed by atoms with van der Waals surface area (Å²) < 4.78 is 41.2. The SMILES string of the molecule is COc1ccc(OC)c(NC(=O)CSS(=O)(=O)[O-])c1.[Na+]. The Morgan fingerprint density at radius 3 is 2.50 bits per heavy atom. The molecule has 1 rings (SSSR count). The molecule has 0 fully saturated rings. The summed E-state index contributed by atoms with van der Waals surface area (Å²) >= 11 is 0. The van der Waals surface area contributed by atoms with E-state index in [1.807, 2.05) is 0 Å². The van der Waals surface area contributed by atoms with Gasteiger partial charge in [0.25, 0.3) is 0 Å². The zero-order chi connectivity index (χ0) is 14.5. The zero-order valence-corrected chi connectivity index (χ0v) is 14.8. The first kappa shape index (κ1) is 19.6. The molecule has 0 aliphatic rings. The zero-order valence-electron chi connectivity index (χ0n) is 11.2. The van der Waals surface area contributed by atoms with Crippen LogP contribution in [0.25, 0.3) is 0 Å². The number of ether oxygens (including phenoxy) is 2. The van der Waals surface area contributed by atoms with Crippen molar-refractivity contribution < 1.29 is 56.8 Å². The van der Waals surface area contributed by atoms with Gasteiger partial charge in [-0.05, 0) is 22.9 Å². The van der Waals surface area contributed by atoms with Crippen LogP contribution in [0.5, 0.6) is 11.5 Å². The van der Waals surface area contributed by atoms with Gasteiger partial charge in [-0.1, -0.05) is 0 Å². The largest absolute Gasteiger partial charge is 1.00 e. The molecule has 0 aliphatic heterocycles. The van der Waals surface area contributed by atoms with Crippen molar-refractivity contribution in [3.8, 4) is 11.5 Å². The third-order valence-electron chi connectivity index (χ3n) is 2.02. The van der Waals surface area contributed by atoms with Gasteiger partial charge in [-0.3, -0.25) is 4.79 Å². The van der Waals surface area contributed by atoms with Crippen LogP contribution in [0.2, 0.25) is 0 Å². The summed E-state index contributed by atoms with van der Waals surface area (Å²) in [5.74, 6) is -0.230. The van der Waals surface area contributed by atoms with Gasteiger partial charge in [0.15, 0.2) is 0 Å². The van der Waals surface area contributed by atoms with E-state index < -0.39 is 20.8 Å². The number of anilines is 1. The van der Waals surface area contributed by atoms with Crippen LogP contribution >= 0.6 is 10.8 Å². The second-order valence-electron chi connectivity index (χ2n) is 3.28. The van der Waals surface area contributed by atoms with Crippen molar-refractivity contribution in [3.63, 3.8) is 0 Å². The van der Waals surface area contributed by atoms with Crippen LogP contribution in [0.3, 0.4) is 0 Å². The van der Waals surface area contributed by atoms with Crippen molar-refractivity contribution in [1.29, 1.82) is 0 Å². The fourth-order valence-corrected chi connectivity index (χ4v) is 2.30. The number of rotatable bonds is 6. The molecule has 0 saturated carbocycles. The normalized spacial score (nSPS) is 10.3. The fourth-order valence-electron chi connectivity index (χ4n) is 1.22. The molecule has 0 aliphatic carbocycles. The molecular weight excluding hydrogens is 317 g/mol. The summed E-state index contributed by atoms with van der Waals surface area (Å²) in [5.41, 5.74) is 0.329. The molecular formula is C10H12NNaO6S2. The molecule has 7 nitrogen and oxygen atoms in total. The maximum atomic E-state index is 11.5. The average Bonchev–Trinajstić information content (AvgIpc) is 2.35. The van der Waals surface area contributed by atoms with E-state index in [1.165, 1.54) is 20.3 Å². The number of methoxy groups -OCH3 is 2. The van der Waals surface area contributed by atoms with E-state index in [1.54, 1.807) is 12.1 Å². The van der Waals surface area contributed by atoms with E-state index in [0.29, 0.717) is 17.2 Å². The van der Waals surface area contributed by atoms with Crippen LogP contribution in [0.4, 0.5) is 5.69 Å². The van der Waals surface area contributed by atoms with E-state index in [0.717, 1.165) is 0 Å². The minimum absolute atomic E-state index is 0. The van der Waals surface area contributed by atoms with E-state index >= 15 is 0 Å². The van der Waals surface area contributed by atoms with Gasteiger partial charge in [0.1, 0.15) is 20.6 Å². The topological polar surface area (TPSA) is 105 Å². The number of nitrogens with one attached hydrogen (secondary N) is 1. The second kappa shape index (κ2) is 8.75. The molecule has 20 heavy (non-hydrogen) atoms. The molecule has 0 saturated heterocycles. The van der Waals surface area contributed by atoms with E-state index in [9.17, 15) is 17.8 Å². The summed E-state index contributed by atoms with van der Waals surface area (Å²) in [5, 5.41) is 2.44. The number of amides is 1. The van der Waals surface area contributed by atoms with Gasteiger partial charge >= 0.3 is 29.6 Å². The minimum Gasteiger partial charge on any atom is -0.739 e. The van der Waals surface area contributed by atoms with Gasteiger partial charge in [-0.2, -0.15) is 0 Å². The number of carbonyl (C=O) groups excluding carboxylic acids is 1. The quantitative estimate of drug-likeness (QED) is 0.360. The Morgan fingerprint density at radius 1 is 1.35 bits per heavy atom. The van der Waals surface area contributed by atoms with Crippen molar-refractivity contribution in [3.05, 3.63) is 18.2 Å². The van der Waals surface area contributed by atoms with Gasteiger partial charge < -0.3 is 19.3 Å². The van der Waals surface area contributed by atoms with Gasteiger partial charge in [-0.25, -0.2) is 8.42 Å². The first-order valence-corrected chi connectivity index (χ1v) is 7.89. The van der Waals surface area contributed by atoms with Gasteiger partial charge in [0.2, 0.25) is 5.91 Å². The smallest absolute Gasteiger partial charge is 0.739 e. The van der Waals surface area contributed by atoms with E-state index in [-0.39, 0.29) is 40.4 Å². The molecule has 10 heteroatoms. The Balaban J connectivity index is 0.00000361. The van der Waals surface area contributed by atoms with Crippen LogP contribution < -0.4 is 44.3 Å². The maximum absolute atomic E-state index is 11.5. The standard InChI is InChI=1S/C10H13NO6S2.Na/c1-16-7-3-4-9(17-2)8(5-7)11-10(12)6-18-19(13,14)15;/h3-5H,6H2,1-2H3,(H,11,12)(H,13,14,15);/q;+1/p-1. The number of carbonyl (C=O) groups is 1. The Hall–Kier alpha value is -0.450. The van der Waals surface area contributed by atoms with Crippen molar-refractivity contribution in [2.45, 2.75) is 0 Å². The van der Waals surface area contributed by atoms with Crippen molar-refractivity contribution in [1.82, 2.24) is 0 Å². The summed E-state index contributed by atoms with van der Waals surface area (Å²) in [6.45, 7) is 0. The third kappa shape index (κ3) is 6.82. The monoisotopic (exact) mass is 329 g/mol. The van der Waals surface area contributed by atoms with Crippen molar-refractivity contribution >= 4 is 31.5 Å². The molecule has 1 aromatic carbocycles. The second-order valence-corrected chi connectivity index (χ2v) is 6.56. The molecule has 0 bridgehead atoms. The first-order chi connectivity index (χ1) is 8.85. The van der Waals surface area contributed by atoms with E-state index in [4.69, 9.17) is 9.47 Å². The fraction of sp³-hybridized carbons (Fsp3) is 0.300. The molecule has 0 heterocycles. The Morgan fingerprint density at radius 2 is 2.00 bits per heavy atom. The summed E-state index contributed by atoms with van der Waals surface area (Å²) in [7, 11) is -1.58. The molecule has 1 aromatic rings. The Kier molecular flexibility index (Phi) is 8.56. The molecule has 1 amide bonds. The predicted molar refractivity (Wildman–Crippen MR) is 70.3 cm³/mol. The first-order valence-electron chi connectivity index (χ1n) is 4.98. The molecule has 106 valence electrons. The summed E-state index contributed by atoms with van der Waals surface area (Å²) in [6.07, 6.45) is 0. The molecule has 0 unspecified atom stereocenters. The van der Waals surface area contributed by atoms with Gasteiger partial charge in [-0.15, -0.1) is 0 Å². The van der Waals surface area contributed by atoms with Crippen molar-refractivity contribution in [2.75, 3.05) is 25.3 Å². The van der Waals surface area contributed by atoms with Gasteiger partial charge in [0, 0.05) is 6.07 Å². The van der Waals surface area contributed by atoms with Crippen LogP contribution in [0.15, 0.2) is 18.2 Å². The maximum Gasteiger partial charge on any atom is 1.00 e. The molecule has 0 radical (unpaired) electrons. The molecule has 1 N–H and O–H groups in total. The minimum atomic E-state index is -4.49. The number of hydrogen-bond donors (Lipinski definition) is 1. The third-order valence-corrected chi connectivity index (χ3v) is 3.90. The van der Waals surface area contributed by atoms with Crippen LogP contribution in [0, 0.1) is 0 Å². The summed E-state index contributed by atoms with van der Waals surface area (Å²) in [4.78, 5) is 11.5. The number of benzene rings is 1. The molecule has 0 spiro atoms. The van der Waals surface area contributed by atoms with E-state index in [2.05, 4.69) is 5.32 Å². The average molecular weight is 329 g/mol. The molecule has 0 atom stereocenters. The number of hydrogen-bond acceptors (Lipinski definition) is 7. The van der Waals surface area contributed by atoms with Crippen molar-refractivity contribution in [2.24, 2.45) is 0 Å². The molecule has 0 aromatic heterocycles. The Labute approximate surface area is 142 Å². The van der Waals surface area contributed by atoms with Crippen LogP contribution in [0.1, 0.15) is 0 Å². The predicted octanol–water partition coefficient (Wildman–Crippen LogP) is -2.16. The summed E-state index contributed by atoms with van der Waals surface area (Å²) in [6, 6.07) is 4.75. The van der Waals surface area contributed by atoms with Crippen LogP contribution in [-0.4, -0.2) is 38.9 Å². The van der Waals surface area contributed by atoms with Gasteiger partial charge in [0.05, 0.1) is 25.7 Å². The van der Waals surface area contributed by atoms with Crippen LogP contribution in [-0.2, 0) is 13.9 Å².